The van der Waals surface area contributed by atoms with Gasteiger partial charge in [0, 0.05) is 11.5 Å². The van der Waals surface area contributed by atoms with Crippen LogP contribution < -0.4 is 9.47 Å². The Balaban J connectivity index is 2.20. The third-order valence-electron chi connectivity index (χ3n) is 2.86. The highest BCUT2D eigenvalue weighted by molar-refractivity contribution is 6.32. The Morgan fingerprint density at radius 3 is 2.84 bits per heavy atom. The summed E-state index contributed by atoms with van der Waals surface area (Å²) in [5.41, 5.74) is 0.394. The van der Waals surface area contributed by atoms with Crippen LogP contribution in [0.1, 0.15) is 23.7 Å². The molecule has 6 heteroatoms. The number of fused-ring (bicyclic) bond motifs is 1. The molecular formula is C13H13ClO5. The number of rotatable bonds is 4. The highest BCUT2D eigenvalue weighted by Gasteiger charge is 2.24. The van der Waals surface area contributed by atoms with Crippen LogP contribution in [0.25, 0.3) is 0 Å². The van der Waals surface area contributed by atoms with E-state index in [0.29, 0.717) is 22.1 Å². The summed E-state index contributed by atoms with van der Waals surface area (Å²) in [6.07, 6.45) is 0.0292. The molecule has 1 aliphatic heterocycles. The summed E-state index contributed by atoms with van der Waals surface area (Å²) in [4.78, 5) is 23.4. The molecule has 0 spiro atoms. The van der Waals surface area contributed by atoms with Crippen molar-refractivity contribution in [2.75, 3.05) is 13.9 Å². The molecule has 0 aliphatic carbocycles. The van der Waals surface area contributed by atoms with Crippen LogP contribution in [0.5, 0.6) is 11.5 Å². The van der Waals surface area contributed by atoms with E-state index in [1.165, 1.54) is 13.2 Å². The van der Waals surface area contributed by atoms with Crippen molar-refractivity contribution in [1.82, 2.24) is 0 Å². The number of carbonyl (C=O) groups is 2. The smallest absolute Gasteiger partial charge is 0.306 e. The average Bonchev–Trinajstić information content (AvgIpc) is 2.86. The lowest BCUT2D eigenvalue weighted by atomic mass is 9.96. The predicted octanol–water partition coefficient (Wildman–Crippen LogP) is 2.45. The Labute approximate surface area is 115 Å². The summed E-state index contributed by atoms with van der Waals surface area (Å²) in [7, 11) is 1.29. The largest absolute Gasteiger partial charge is 0.469 e. The van der Waals surface area contributed by atoms with Crippen LogP contribution in [0.15, 0.2) is 12.1 Å². The first-order valence-electron chi connectivity index (χ1n) is 5.73. The van der Waals surface area contributed by atoms with Gasteiger partial charge in [-0.2, -0.15) is 0 Å². The second-order valence-electron chi connectivity index (χ2n) is 4.24. The Bertz CT molecular complexity index is 526. The lowest BCUT2D eigenvalue weighted by Crippen LogP contribution is -2.16. The van der Waals surface area contributed by atoms with Crippen molar-refractivity contribution in [3.05, 3.63) is 22.7 Å². The molecule has 1 heterocycles. The molecule has 1 aliphatic rings. The van der Waals surface area contributed by atoms with Crippen LogP contribution in [-0.4, -0.2) is 25.7 Å². The van der Waals surface area contributed by atoms with Crippen molar-refractivity contribution < 1.29 is 23.8 Å². The fourth-order valence-electron chi connectivity index (χ4n) is 1.82. The van der Waals surface area contributed by atoms with Gasteiger partial charge in [0.25, 0.3) is 0 Å². The van der Waals surface area contributed by atoms with Crippen molar-refractivity contribution >= 4 is 23.4 Å². The molecule has 0 saturated carbocycles. The van der Waals surface area contributed by atoms with E-state index >= 15 is 0 Å². The van der Waals surface area contributed by atoms with Crippen LogP contribution in [0.2, 0.25) is 5.02 Å². The molecule has 0 fully saturated rings. The van der Waals surface area contributed by atoms with Crippen LogP contribution in [0.4, 0.5) is 0 Å². The summed E-state index contributed by atoms with van der Waals surface area (Å²) in [5, 5.41) is 0.323. The maximum Gasteiger partial charge on any atom is 0.306 e. The quantitative estimate of drug-likeness (QED) is 0.628. The van der Waals surface area contributed by atoms with Gasteiger partial charge >= 0.3 is 5.97 Å². The maximum absolute atomic E-state index is 12.2. The lowest BCUT2D eigenvalue weighted by Gasteiger charge is -2.10. The predicted molar refractivity (Wildman–Crippen MR) is 67.7 cm³/mol. The van der Waals surface area contributed by atoms with Gasteiger partial charge in [0.15, 0.2) is 17.3 Å². The van der Waals surface area contributed by atoms with Crippen LogP contribution in [0.3, 0.4) is 0 Å². The fourth-order valence-corrected chi connectivity index (χ4v) is 2.09. The maximum atomic E-state index is 12.2. The molecular weight excluding hydrogens is 272 g/mol. The van der Waals surface area contributed by atoms with Crippen molar-refractivity contribution in [3.63, 3.8) is 0 Å². The Kier molecular flexibility index (Phi) is 3.95. The lowest BCUT2D eigenvalue weighted by molar-refractivity contribution is -0.141. The zero-order valence-corrected chi connectivity index (χ0v) is 11.3. The summed E-state index contributed by atoms with van der Waals surface area (Å²) >= 11 is 6.01. The Morgan fingerprint density at radius 1 is 1.42 bits per heavy atom. The molecule has 1 aromatic carbocycles. The number of ketones is 1. The summed E-state index contributed by atoms with van der Waals surface area (Å²) in [5.74, 6) is -0.206. The number of benzene rings is 1. The Morgan fingerprint density at radius 2 is 2.16 bits per heavy atom. The van der Waals surface area contributed by atoms with Gasteiger partial charge in [0.05, 0.1) is 18.6 Å². The molecule has 1 aromatic rings. The first kappa shape index (κ1) is 13.7. The summed E-state index contributed by atoms with van der Waals surface area (Å²) < 4.78 is 14.9. The highest BCUT2D eigenvalue weighted by atomic mass is 35.5. The van der Waals surface area contributed by atoms with E-state index in [2.05, 4.69) is 4.74 Å². The topological polar surface area (TPSA) is 61.8 Å². The van der Waals surface area contributed by atoms with Crippen molar-refractivity contribution in [3.8, 4) is 11.5 Å². The minimum absolute atomic E-state index is 0.0292. The van der Waals surface area contributed by atoms with E-state index in [1.807, 2.05) is 0 Å². The molecule has 1 unspecified atom stereocenters. The molecule has 0 N–H and O–H groups in total. The third-order valence-corrected chi connectivity index (χ3v) is 3.14. The minimum Gasteiger partial charge on any atom is -0.469 e. The molecule has 0 saturated heterocycles. The summed E-state index contributed by atoms with van der Waals surface area (Å²) in [6.45, 7) is 1.75. The molecule has 5 nitrogen and oxygen atoms in total. The minimum atomic E-state index is -0.483. The van der Waals surface area contributed by atoms with E-state index in [9.17, 15) is 9.59 Å². The van der Waals surface area contributed by atoms with Crippen molar-refractivity contribution in [2.45, 2.75) is 13.3 Å². The van der Waals surface area contributed by atoms with Gasteiger partial charge in [-0.15, -0.1) is 0 Å². The molecule has 102 valence electrons. The van der Waals surface area contributed by atoms with Gasteiger partial charge < -0.3 is 14.2 Å². The summed E-state index contributed by atoms with van der Waals surface area (Å²) in [6, 6.07) is 3.09. The van der Waals surface area contributed by atoms with Crippen molar-refractivity contribution in [2.24, 2.45) is 5.92 Å². The number of hydrogen-bond acceptors (Lipinski definition) is 5. The first-order chi connectivity index (χ1) is 9.02. The molecule has 0 radical (unpaired) electrons. The number of methoxy groups -OCH3 is 1. The molecule has 19 heavy (non-hydrogen) atoms. The van der Waals surface area contributed by atoms with E-state index < -0.39 is 11.9 Å². The number of carbonyl (C=O) groups excluding carboxylic acids is 2. The zero-order valence-electron chi connectivity index (χ0n) is 10.6. The fraction of sp³-hybridized carbons (Fsp3) is 0.385. The number of Topliss-reactive ketones (excluding diaryl/α,β-unsaturated/α-hetero) is 1. The Hall–Kier alpha value is -1.75. The van der Waals surface area contributed by atoms with E-state index in [1.54, 1.807) is 13.0 Å². The van der Waals surface area contributed by atoms with Gasteiger partial charge in [0.2, 0.25) is 6.79 Å². The van der Waals surface area contributed by atoms with Crippen LogP contribution >= 0.6 is 11.6 Å². The number of halogens is 1. The molecule has 0 aromatic heterocycles. The zero-order chi connectivity index (χ0) is 14.0. The monoisotopic (exact) mass is 284 g/mol. The van der Waals surface area contributed by atoms with Gasteiger partial charge in [-0.1, -0.05) is 18.5 Å². The number of esters is 1. The average molecular weight is 285 g/mol. The van der Waals surface area contributed by atoms with Gasteiger partial charge in [-0.3, -0.25) is 9.59 Å². The third kappa shape index (κ3) is 2.81. The van der Waals surface area contributed by atoms with E-state index in [-0.39, 0.29) is 19.0 Å². The molecule has 2 rings (SSSR count). The molecule has 1 atom stereocenters. The van der Waals surface area contributed by atoms with Crippen LogP contribution in [0, 0.1) is 5.92 Å². The van der Waals surface area contributed by atoms with Gasteiger partial charge in [0.1, 0.15) is 0 Å². The van der Waals surface area contributed by atoms with Crippen LogP contribution in [-0.2, 0) is 9.53 Å². The normalized spacial score (nSPS) is 14.1. The first-order valence-corrected chi connectivity index (χ1v) is 6.11. The van der Waals surface area contributed by atoms with E-state index in [0.717, 1.165) is 0 Å². The van der Waals surface area contributed by atoms with Crippen molar-refractivity contribution in [1.29, 1.82) is 0 Å². The second kappa shape index (κ2) is 5.48. The standard InChI is InChI=1S/C13H13ClO5/c1-7(3-11(15)17-2)12(16)8-4-9(14)13-10(5-8)18-6-19-13/h4-5,7H,3,6H2,1-2H3. The van der Waals surface area contributed by atoms with E-state index in [4.69, 9.17) is 21.1 Å². The molecule has 0 amide bonds. The van der Waals surface area contributed by atoms with Gasteiger partial charge in [-0.05, 0) is 12.1 Å². The SMILES string of the molecule is COC(=O)CC(C)C(=O)c1cc(Cl)c2c(c1)OCO2. The number of hydrogen-bond donors (Lipinski definition) is 0. The van der Waals surface area contributed by atoms with Gasteiger partial charge in [-0.25, -0.2) is 0 Å². The second-order valence-corrected chi connectivity index (χ2v) is 4.64. The highest BCUT2D eigenvalue weighted by Crippen LogP contribution is 2.40. The molecule has 0 bridgehead atoms. The number of ether oxygens (including phenoxy) is 3.